The summed E-state index contributed by atoms with van der Waals surface area (Å²) >= 11 is 0. The summed E-state index contributed by atoms with van der Waals surface area (Å²) in [6.45, 7) is 11.1. The zero-order valence-corrected chi connectivity index (χ0v) is 33.0. The van der Waals surface area contributed by atoms with Gasteiger partial charge in [-0.2, -0.15) is 0 Å². The van der Waals surface area contributed by atoms with Gasteiger partial charge in [-0.05, 0) is 25.7 Å². The number of nitrogens with one attached hydrogen (secondary N) is 1. The Morgan fingerprint density at radius 2 is 0.638 bits per heavy atom. The molecular weight excluding hydrogens is 576 g/mol. The average molecular weight is 668 g/mol. The van der Waals surface area contributed by atoms with E-state index in [1.54, 1.807) is 0 Å². The Kier molecular flexibility index (Phi) is 38.5. The molecule has 3 N–H and O–H groups in total. The van der Waals surface area contributed by atoms with Crippen molar-refractivity contribution in [3.05, 3.63) is 0 Å². The number of nitrogens with zero attached hydrogens (tertiary/aromatic N) is 1. The van der Waals surface area contributed by atoms with E-state index in [9.17, 15) is 10.2 Å². The maximum absolute atomic E-state index is 10.1. The molecule has 0 aromatic carbocycles. The Morgan fingerprint density at radius 1 is 0.362 bits per heavy atom. The topological polar surface area (TPSA) is 52.5 Å². The van der Waals surface area contributed by atoms with Gasteiger partial charge in [-0.3, -0.25) is 5.32 Å². The predicted octanol–water partition coefficient (Wildman–Crippen LogP) is 12.6. The number of quaternary nitrogens is 1. The Balaban J connectivity index is 4.16. The molecule has 47 heavy (non-hydrogen) atoms. The second-order valence-corrected chi connectivity index (χ2v) is 15.3. The highest BCUT2D eigenvalue weighted by atomic mass is 16.3. The van der Waals surface area contributed by atoms with E-state index in [0.29, 0.717) is 12.7 Å². The van der Waals surface area contributed by atoms with Crippen LogP contribution in [0.5, 0.6) is 0 Å². The van der Waals surface area contributed by atoms with Gasteiger partial charge in [-0.25, -0.2) is 0 Å². The summed E-state index contributed by atoms with van der Waals surface area (Å²) in [5.41, 5.74) is 0. The fourth-order valence-corrected chi connectivity index (χ4v) is 7.91. The van der Waals surface area contributed by atoms with Crippen LogP contribution in [0, 0.1) is 0 Å². The quantitative estimate of drug-likeness (QED) is 0.0345. The van der Waals surface area contributed by atoms with Gasteiger partial charge < -0.3 is 14.7 Å². The molecule has 0 amide bonds. The zero-order valence-electron chi connectivity index (χ0n) is 33.0. The highest BCUT2D eigenvalue weighted by Gasteiger charge is 2.34. The molecule has 284 valence electrons. The van der Waals surface area contributed by atoms with Crippen LogP contribution in [-0.2, 0) is 0 Å². The van der Waals surface area contributed by atoms with Gasteiger partial charge in [-0.15, -0.1) is 0 Å². The number of aliphatic hydroxyl groups is 2. The molecule has 0 spiro atoms. The first-order chi connectivity index (χ1) is 23.2. The van der Waals surface area contributed by atoms with Crippen LogP contribution >= 0.6 is 0 Å². The summed E-state index contributed by atoms with van der Waals surface area (Å²) in [5, 5.41) is 23.4. The highest BCUT2D eigenvalue weighted by molar-refractivity contribution is 4.61. The molecule has 0 aromatic heterocycles. The summed E-state index contributed by atoms with van der Waals surface area (Å²) in [5.74, 6) is 0. The second kappa shape index (κ2) is 38.6. The van der Waals surface area contributed by atoms with Gasteiger partial charge in [0.25, 0.3) is 0 Å². The lowest BCUT2D eigenvalue weighted by Gasteiger charge is -2.45. The first-order valence-corrected chi connectivity index (χ1v) is 22.0. The number of hydrogen-bond donors (Lipinski definition) is 3. The SMILES string of the molecule is CCCCCCCCCCCCCCCCCC[N+](CCO)(CCCCCCCCCCCCCCCCCC)C(CC)NCCO. The van der Waals surface area contributed by atoms with Gasteiger partial charge in [0.2, 0.25) is 0 Å². The van der Waals surface area contributed by atoms with Crippen molar-refractivity contribution in [3.8, 4) is 0 Å². The lowest BCUT2D eigenvalue weighted by molar-refractivity contribution is -0.955. The molecule has 0 rings (SSSR count). The molecule has 0 saturated carbocycles. The van der Waals surface area contributed by atoms with Crippen molar-refractivity contribution in [2.24, 2.45) is 0 Å². The van der Waals surface area contributed by atoms with Crippen LogP contribution in [0.3, 0.4) is 0 Å². The van der Waals surface area contributed by atoms with E-state index in [1.165, 1.54) is 205 Å². The minimum atomic E-state index is 0.188. The number of hydrogen-bond acceptors (Lipinski definition) is 3. The lowest BCUT2D eigenvalue weighted by atomic mass is 10.0. The van der Waals surface area contributed by atoms with Crippen molar-refractivity contribution in [3.63, 3.8) is 0 Å². The van der Waals surface area contributed by atoms with E-state index in [1.807, 2.05) is 0 Å². The molecule has 0 saturated heterocycles. The first kappa shape index (κ1) is 46.8. The van der Waals surface area contributed by atoms with Crippen molar-refractivity contribution >= 4 is 0 Å². The maximum Gasteiger partial charge on any atom is 0.142 e. The van der Waals surface area contributed by atoms with Crippen molar-refractivity contribution < 1.29 is 14.7 Å². The largest absolute Gasteiger partial charge is 0.395 e. The van der Waals surface area contributed by atoms with E-state index in [-0.39, 0.29) is 13.2 Å². The van der Waals surface area contributed by atoms with Crippen LogP contribution in [0.15, 0.2) is 0 Å². The van der Waals surface area contributed by atoms with Crippen LogP contribution < -0.4 is 5.32 Å². The smallest absolute Gasteiger partial charge is 0.142 e. The molecule has 4 heteroatoms. The van der Waals surface area contributed by atoms with Crippen LogP contribution in [0.2, 0.25) is 0 Å². The minimum absolute atomic E-state index is 0.188. The van der Waals surface area contributed by atoms with Gasteiger partial charge in [-0.1, -0.05) is 201 Å². The van der Waals surface area contributed by atoms with E-state index in [4.69, 9.17) is 0 Å². The Hall–Kier alpha value is -0.160. The average Bonchev–Trinajstić information content (AvgIpc) is 3.08. The Bertz CT molecular complexity index is 536. The summed E-state index contributed by atoms with van der Waals surface area (Å²) in [6, 6.07) is 0. The molecule has 0 aliphatic carbocycles. The fraction of sp³-hybridized carbons (Fsp3) is 1.00. The molecule has 1 unspecified atom stereocenters. The van der Waals surface area contributed by atoms with Gasteiger partial charge in [0.05, 0.1) is 26.3 Å². The normalized spacial score (nSPS) is 12.7. The molecule has 0 aliphatic heterocycles. The molecule has 1 atom stereocenters. The second-order valence-electron chi connectivity index (χ2n) is 15.3. The molecule has 0 heterocycles. The van der Waals surface area contributed by atoms with Gasteiger partial charge in [0.15, 0.2) is 0 Å². The predicted molar refractivity (Wildman–Crippen MR) is 210 cm³/mol. The summed E-state index contributed by atoms with van der Waals surface area (Å²) in [7, 11) is 0. The fourth-order valence-electron chi connectivity index (χ4n) is 7.91. The van der Waals surface area contributed by atoms with Crippen LogP contribution in [0.4, 0.5) is 0 Å². The molecule has 4 nitrogen and oxygen atoms in total. The van der Waals surface area contributed by atoms with Gasteiger partial charge >= 0.3 is 0 Å². The van der Waals surface area contributed by atoms with Crippen LogP contribution in [0.25, 0.3) is 0 Å². The molecule has 0 aliphatic rings. The molecule has 0 bridgehead atoms. The van der Waals surface area contributed by atoms with Crippen molar-refractivity contribution in [2.75, 3.05) is 39.4 Å². The van der Waals surface area contributed by atoms with E-state index in [0.717, 1.165) is 30.5 Å². The van der Waals surface area contributed by atoms with Crippen molar-refractivity contribution in [1.82, 2.24) is 5.32 Å². The maximum atomic E-state index is 10.1. The molecule has 0 radical (unpaired) electrons. The van der Waals surface area contributed by atoms with Gasteiger partial charge in [0, 0.05) is 13.0 Å². The van der Waals surface area contributed by atoms with Crippen LogP contribution in [-0.4, -0.2) is 60.3 Å². The third kappa shape index (κ3) is 30.4. The summed E-state index contributed by atoms with van der Waals surface area (Å²) in [4.78, 5) is 0. The standard InChI is InChI=1S/C43H91N2O2/c1-4-7-9-11-13-15-17-19-21-23-25-27-29-31-33-35-38-45(40-42-47,43(6-3)44-37-41-46)39-36-34-32-30-28-26-24-22-20-18-16-14-12-10-8-5-2/h43-44,46-47H,4-42H2,1-3H3/q+1. The third-order valence-electron chi connectivity index (χ3n) is 11.0. The van der Waals surface area contributed by atoms with E-state index >= 15 is 0 Å². The minimum Gasteiger partial charge on any atom is -0.395 e. The van der Waals surface area contributed by atoms with Crippen molar-refractivity contribution in [2.45, 2.75) is 239 Å². The molecule has 0 fully saturated rings. The summed E-state index contributed by atoms with van der Waals surface area (Å²) in [6.07, 6.45) is 46.3. The van der Waals surface area contributed by atoms with Gasteiger partial charge in [0.1, 0.15) is 12.7 Å². The summed E-state index contributed by atoms with van der Waals surface area (Å²) < 4.78 is 0.990. The van der Waals surface area contributed by atoms with E-state index < -0.39 is 0 Å². The van der Waals surface area contributed by atoms with Crippen molar-refractivity contribution in [1.29, 1.82) is 0 Å². The zero-order chi connectivity index (χ0) is 34.4. The number of aliphatic hydroxyl groups excluding tert-OH is 2. The molecule has 0 aromatic rings. The van der Waals surface area contributed by atoms with E-state index in [2.05, 4.69) is 26.1 Å². The Labute approximate surface area is 297 Å². The monoisotopic (exact) mass is 668 g/mol. The highest BCUT2D eigenvalue weighted by Crippen LogP contribution is 2.22. The number of rotatable bonds is 41. The first-order valence-electron chi connectivity index (χ1n) is 22.0. The third-order valence-corrected chi connectivity index (χ3v) is 11.0. The molecular formula is C43H91N2O2+. The van der Waals surface area contributed by atoms with Crippen LogP contribution in [0.1, 0.15) is 233 Å². The number of unbranched alkanes of at least 4 members (excludes halogenated alkanes) is 30. The lowest BCUT2D eigenvalue weighted by Crippen LogP contribution is -2.63. The Morgan fingerprint density at radius 3 is 0.872 bits per heavy atom.